The molecule has 0 N–H and O–H groups in total. The highest BCUT2D eigenvalue weighted by Crippen LogP contribution is 2.44. The standard InChI is InChI=1S/C18H25N5O/c1-3-22-11-16-6-8-23(10-15-5-4-7-19-9-15)13-18(16,12-22)17-20-14(2)21-24-17/h4-5,7,9,16H,3,6,8,10-13H2,1-2H3. The van der Waals surface area contributed by atoms with Crippen LogP contribution in [0.15, 0.2) is 29.0 Å². The monoisotopic (exact) mass is 327 g/mol. The molecule has 2 aromatic rings. The summed E-state index contributed by atoms with van der Waals surface area (Å²) < 4.78 is 5.67. The van der Waals surface area contributed by atoms with Gasteiger partial charge in [-0.05, 0) is 44.0 Å². The van der Waals surface area contributed by atoms with Crippen LogP contribution in [0.25, 0.3) is 0 Å². The number of hydrogen-bond acceptors (Lipinski definition) is 6. The topological polar surface area (TPSA) is 58.3 Å². The first-order valence-electron chi connectivity index (χ1n) is 8.84. The molecular weight excluding hydrogens is 302 g/mol. The first-order valence-corrected chi connectivity index (χ1v) is 8.84. The fraction of sp³-hybridized carbons (Fsp3) is 0.611. The predicted octanol–water partition coefficient (Wildman–Crippen LogP) is 1.87. The minimum atomic E-state index is -0.0300. The molecule has 24 heavy (non-hydrogen) atoms. The van der Waals surface area contributed by atoms with Gasteiger partial charge in [0, 0.05) is 38.6 Å². The highest BCUT2D eigenvalue weighted by Gasteiger charge is 2.53. The van der Waals surface area contributed by atoms with Crippen molar-refractivity contribution in [2.75, 3.05) is 32.7 Å². The lowest BCUT2D eigenvalue weighted by Crippen LogP contribution is -2.51. The second-order valence-electron chi connectivity index (χ2n) is 7.19. The lowest BCUT2D eigenvalue weighted by Gasteiger charge is -2.41. The summed E-state index contributed by atoms with van der Waals surface area (Å²) in [5.41, 5.74) is 1.23. The van der Waals surface area contributed by atoms with E-state index in [9.17, 15) is 0 Å². The molecule has 0 aliphatic carbocycles. The number of likely N-dealkylation sites (N-methyl/N-ethyl adjacent to an activating group) is 1. The molecule has 6 nitrogen and oxygen atoms in total. The largest absolute Gasteiger partial charge is 0.339 e. The third-order valence-corrected chi connectivity index (χ3v) is 5.60. The van der Waals surface area contributed by atoms with Crippen LogP contribution in [0.3, 0.4) is 0 Å². The van der Waals surface area contributed by atoms with Gasteiger partial charge in [0.05, 0.1) is 5.41 Å². The number of hydrogen-bond donors (Lipinski definition) is 0. The molecule has 128 valence electrons. The van der Waals surface area contributed by atoms with Crippen molar-refractivity contribution in [3.63, 3.8) is 0 Å². The average Bonchev–Trinajstić information content (AvgIpc) is 3.19. The number of rotatable bonds is 4. The SMILES string of the molecule is CCN1CC2CCN(Cc3cccnc3)CC2(c2nc(C)no2)C1. The van der Waals surface area contributed by atoms with Crippen molar-refractivity contribution in [2.45, 2.75) is 32.2 Å². The molecule has 2 atom stereocenters. The van der Waals surface area contributed by atoms with Crippen molar-refractivity contribution in [1.29, 1.82) is 0 Å². The van der Waals surface area contributed by atoms with Gasteiger partial charge in [-0.25, -0.2) is 0 Å². The Morgan fingerprint density at radius 3 is 2.92 bits per heavy atom. The quantitative estimate of drug-likeness (QED) is 0.854. The summed E-state index contributed by atoms with van der Waals surface area (Å²) in [5.74, 6) is 2.16. The van der Waals surface area contributed by atoms with Crippen LogP contribution < -0.4 is 0 Å². The fourth-order valence-electron chi connectivity index (χ4n) is 4.38. The summed E-state index contributed by atoms with van der Waals surface area (Å²) in [6.45, 7) is 10.4. The summed E-state index contributed by atoms with van der Waals surface area (Å²) in [4.78, 5) is 13.9. The number of fused-ring (bicyclic) bond motifs is 1. The summed E-state index contributed by atoms with van der Waals surface area (Å²) in [5, 5.41) is 4.07. The highest BCUT2D eigenvalue weighted by atomic mass is 16.5. The maximum atomic E-state index is 5.67. The number of pyridine rings is 1. The zero-order chi connectivity index (χ0) is 16.6. The summed E-state index contributed by atoms with van der Waals surface area (Å²) in [6.07, 6.45) is 4.97. The van der Waals surface area contributed by atoms with E-state index in [1.54, 1.807) is 0 Å². The number of piperidine rings is 1. The fourth-order valence-corrected chi connectivity index (χ4v) is 4.38. The zero-order valence-corrected chi connectivity index (χ0v) is 14.5. The molecule has 2 fully saturated rings. The Morgan fingerprint density at radius 1 is 1.33 bits per heavy atom. The van der Waals surface area contributed by atoms with Crippen LogP contribution in [0.4, 0.5) is 0 Å². The van der Waals surface area contributed by atoms with E-state index in [0.29, 0.717) is 5.92 Å². The van der Waals surface area contributed by atoms with E-state index in [1.807, 2.05) is 25.4 Å². The molecule has 0 saturated carbocycles. The molecule has 4 rings (SSSR count). The van der Waals surface area contributed by atoms with Crippen LogP contribution in [-0.2, 0) is 12.0 Å². The second kappa shape index (κ2) is 6.26. The molecule has 2 unspecified atom stereocenters. The van der Waals surface area contributed by atoms with E-state index in [4.69, 9.17) is 4.52 Å². The van der Waals surface area contributed by atoms with Crippen molar-refractivity contribution in [2.24, 2.45) is 5.92 Å². The van der Waals surface area contributed by atoms with Gasteiger partial charge in [0.2, 0.25) is 5.89 Å². The number of nitrogens with zero attached hydrogens (tertiary/aromatic N) is 5. The summed E-state index contributed by atoms with van der Waals surface area (Å²) in [7, 11) is 0. The summed E-state index contributed by atoms with van der Waals surface area (Å²) >= 11 is 0. The Balaban J connectivity index is 1.61. The maximum absolute atomic E-state index is 5.67. The number of aromatic nitrogens is 3. The van der Waals surface area contributed by atoms with Gasteiger partial charge in [-0.1, -0.05) is 18.1 Å². The molecular formula is C18H25N5O. The van der Waals surface area contributed by atoms with Crippen LogP contribution in [0.2, 0.25) is 0 Å². The van der Waals surface area contributed by atoms with Crippen molar-refractivity contribution in [3.05, 3.63) is 41.8 Å². The number of likely N-dealkylation sites (tertiary alicyclic amines) is 2. The van der Waals surface area contributed by atoms with E-state index >= 15 is 0 Å². The molecule has 0 aromatic carbocycles. The van der Waals surface area contributed by atoms with Crippen LogP contribution in [0.5, 0.6) is 0 Å². The van der Waals surface area contributed by atoms with Gasteiger partial charge in [0.15, 0.2) is 5.82 Å². The molecule has 2 aliphatic rings. The van der Waals surface area contributed by atoms with Crippen LogP contribution >= 0.6 is 0 Å². The molecule has 2 aromatic heterocycles. The lowest BCUT2D eigenvalue weighted by atomic mass is 9.73. The van der Waals surface area contributed by atoms with Gasteiger partial charge in [-0.2, -0.15) is 4.98 Å². The molecule has 0 radical (unpaired) electrons. The highest BCUT2D eigenvalue weighted by molar-refractivity contribution is 5.18. The zero-order valence-electron chi connectivity index (χ0n) is 14.5. The molecule has 0 spiro atoms. The average molecular weight is 327 g/mol. The maximum Gasteiger partial charge on any atom is 0.235 e. The van der Waals surface area contributed by atoms with Crippen LogP contribution in [0, 0.1) is 12.8 Å². The van der Waals surface area contributed by atoms with Gasteiger partial charge >= 0.3 is 0 Å². The third kappa shape index (κ3) is 2.74. The molecule has 4 heterocycles. The first-order chi connectivity index (χ1) is 11.7. The lowest BCUT2D eigenvalue weighted by molar-refractivity contribution is 0.0878. The van der Waals surface area contributed by atoms with E-state index < -0.39 is 0 Å². The molecule has 0 amide bonds. The van der Waals surface area contributed by atoms with Gasteiger partial charge < -0.3 is 9.42 Å². The van der Waals surface area contributed by atoms with Crippen LogP contribution in [0.1, 0.15) is 30.6 Å². The van der Waals surface area contributed by atoms with Crippen LogP contribution in [-0.4, -0.2) is 57.6 Å². The number of aryl methyl sites for hydroxylation is 1. The summed E-state index contributed by atoms with van der Waals surface area (Å²) in [6, 6.07) is 4.16. The Labute approximate surface area is 142 Å². The molecule has 2 aliphatic heterocycles. The predicted molar refractivity (Wildman–Crippen MR) is 90.4 cm³/mol. The molecule has 6 heteroatoms. The van der Waals surface area contributed by atoms with E-state index in [-0.39, 0.29) is 5.41 Å². The minimum Gasteiger partial charge on any atom is -0.339 e. The second-order valence-corrected chi connectivity index (χ2v) is 7.19. The van der Waals surface area contributed by atoms with Crippen molar-refractivity contribution in [1.82, 2.24) is 24.9 Å². The van der Waals surface area contributed by atoms with Crippen molar-refractivity contribution < 1.29 is 4.52 Å². The molecule has 2 saturated heterocycles. The smallest absolute Gasteiger partial charge is 0.235 e. The Kier molecular flexibility index (Phi) is 4.10. The van der Waals surface area contributed by atoms with Gasteiger partial charge in [-0.15, -0.1) is 0 Å². The first kappa shape index (κ1) is 15.7. The van der Waals surface area contributed by atoms with Crippen molar-refractivity contribution in [3.8, 4) is 0 Å². The van der Waals surface area contributed by atoms with Gasteiger partial charge in [0.25, 0.3) is 0 Å². The van der Waals surface area contributed by atoms with E-state index in [2.05, 4.69) is 37.9 Å². The molecule has 0 bridgehead atoms. The Hall–Kier alpha value is -1.79. The van der Waals surface area contributed by atoms with Gasteiger partial charge in [-0.3, -0.25) is 9.88 Å². The normalized spacial score (nSPS) is 28.2. The Bertz CT molecular complexity index is 688. The van der Waals surface area contributed by atoms with Crippen molar-refractivity contribution >= 4 is 0 Å². The van der Waals surface area contributed by atoms with E-state index in [0.717, 1.165) is 51.0 Å². The Morgan fingerprint density at radius 2 is 2.21 bits per heavy atom. The minimum absolute atomic E-state index is 0.0300. The van der Waals surface area contributed by atoms with Gasteiger partial charge in [0.1, 0.15) is 0 Å². The third-order valence-electron chi connectivity index (χ3n) is 5.60. The van der Waals surface area contributed by atoms with E-state index in [1.165, 1.54) is 12.0 Å².